The van der Waals surface area contributed by atoms with Crippen LogP contribution in [0, 0.1) is 0 Å². The lowest BCUT2D eigenvalue weighted by molar-refractivity contribution is -0.157. The van der Waals surface area contributed by atoms with E-state index in [1.165, 1.54) is 0 Å². The van der Waals surface area contributed by atoms with Gasteiger partial charge in [0.15, 0.2) is 0 Å². The van der Waals surface area contributed by atoms with Gasteiger partial charge in [-0.25, -0.2) is 4.79 Å². The molecule has 0 amide bonds. The number of halogens is 1. The molecule has 1 unspecified atom stereocenters. The van der Waals surface area contributed by atoms with Crippen LogP contribution >= 0.6 is 11.6 Å². The van der Waals surface area contributed by atoms with Crippen molar-refractivity contribution in [3.8, 4) is 0 Å². The summed E-state index contributed by atoms with van der Waals surface area (Å²) in [6.07, 6.45) is 0. The molecule has 0 aliphatic heterocycles. The highest BCUT2D eigenvalue weighted by Gasteiger charge is 2.26. The molecule has 1 rings (SSSR count). The molecule has 0 heterocycles. The first-order chi connectivity index (χ1) is 7.85. The highest BCUT2D eigenvalue weighted by Crippen LogP contribution is 2.24. The van der Waals surface area contributed by atoms with Crippen LogP contribution in [0.5, 0.6) is 0 Å². The van der Waals surface area contributed by atoms with Crippen LogP contribution in [0.15, 0.2) is 24.3 Å². The van der Waals surface area contributed by atoms with Gasteiger partial charge in [0.1, 0.15) is 11.6 Å². The molecule has 0 radical (unpaired) electrons. The van der Waals surface area contributed by atoms with Gasteiger partial charge in [-0.1, -0.05) is 29.8 Å². The maximum absolute atomic E-state index is 12.0. The topological polar surface area (TPSA) is 38.3 Å². The molecule has 0 bridgehead atoms. The molecule has 0 saturated heterocycles. The Balaban J connectivity index is 2.93. The second kappa shape index (κ2) is 5.52. The lowest BCUT2D eigenvalue weighted by atomic mass is 10.1. The minimum absolute atomic E-state index is 0.326. The monoisotopic (exact) mass is 255 g/mol. The van der Waals surface area contributed by atoms with E-state index in [-0.39, 0.29) is 5.97 Å². The summed E-state index contributed by atoms with van der Waals surface area (Å²) in [5.41, 5.74) is 0.221. The molecular weight excluding hydrogens is 238 g/mol. The fraction of sp³-hybridized carbons (Fsp3) is 0.462. The molecule has 0 spiro atoms. The minimum Gasteiger partial charge on any atom is -0.459 e. The van der Waals surface area contributed by atoms with Crippen LogP contribution in [0.2, 0.25) is 5.02 Å². The van der Waals surface area contributed by atoms with Gasteiger partial charge in [0.25, 0.3) is 0 Å². The van der Waals surface area contributed by atoms with Crippen molar-refractivity contribution in [2.24, 2.45) is 0 Å². The molecule has 0 aliphatic rings. The summed E-state index contributed by atoms with van der Waals surface area (Å²) in [5, 5.41) is 3.48. The maximum Gasteiger partial charge on any atom is 0.328 e. The van der Waals surface area contributed by atoms with Crippen molar-refractivity contribution in [3.05, 3.63) is 34.9 Å². The van der Waals surface area contributed by atoms with Gasteiger partial charge in [0.05, 0.1) is 0 Å². The van der Waals surface area contributed by atoms with E-state index in [1.54, 1.807) is 13.1 Å². The van der Waals surface area contributed by atoms with E-state index in [0.29, 0.717) is 5.02 Å². The third kappa shape index (κ3) is 4.02. The molecule has 0 aliphatic carbocycles. The summed E-state index contributed by atoms with van der Waals surface area (Å²) in [5.74, 6) is -0.326. The van der Waals surface area contributed by atoms with Crippen LogP contribution in [0.25, 0.3) is 0 Å². The number of nitrogens with one attached hydrogen (secondary N) is 1. The first kappa shape index (κ1) is 14.0. The smallest absolute Gasteiger partial charge is 0.328 e. The van der Waals surface area contributed by atoms with E-state index in [0.717, 1.165) is 5.56 Å². The van der Waals surface area contributed by atoms with Gasteiger partial charge < -0.3 is 10.1 Å². The quantitative estimate of drug-likeness (QED) is 0.844. The van der Waals surface area contributed by atoms with Gasteiger partial charge in [-0.2, -0.15) is 0 Å². The van der Waals surface area contributed by atoms with Gasteiger partial charge in [0, 0.05) is 5.02 Å². The fourth-order valence-electron chi connectivity index (χ4n) is 1.47. The molecule has 1 aromatic rings. The number of carbonyl (C=O) groups excluding carboxylic acids is 1. The Bertz CT molecular complexity index is 399. The molecular formula is C13H18ClNO2. The second-order valence-electron chi connectivity index (χ2n) is 4.78. The zero-order chi connectivity index (χ0) is 13.1. The number of carbonyl (C=O) groups is 1. The predicted molar refractivity (Wildman–Crippen MR) is 69.1 cm³/mol. The van der Waals surface area contributed by atoms with Crippen LogP contribution in [0.3, 0.4) is 0 Å². The van der Waals surface area contributed by atoms with Crippen molar-refractivity contribution < 1.29 is 9.53 Å². The first-order valence-electron chi connectivity index (χ1n) is 5.49. The molecule has 0 aromatic heterocycles. The number of esters is 1. The van der Waals surface area contributed by atoms with Crippen molar-refractivity contribution >= 4 is 17.6 Å². The van der Waals surface area contributed by atoms with Crippen molar-refractivity contribution in [2.45, 2.75) is 32.4 Å². The van der Waals surface area contributed by atoms with Gasteiger partial charge in [-0.15, -0.1) is 0 Å². The molecule has 0 fully saturated rings. The minimum atomic E-state index is -0.539. The molecule has 17 heavy (non-hydrogen) atoms. The predicted octanol–water partition coefficient (Wildman–Crippen LogP) is 2.94. The lowest BCUT2D eigenvalue weighted by Crippen LogP contribution is -2.33. The normalized spacial score (nSPS) is 13.2. The zero-order valence-corrected chi connectivity index (χ0v) is 11.3. The van der Waals surface area contributed by atoms with Gasteiger partial charge in [-0.05, 0) is 39.4 Å². The van der Waals surface area contributed by atoms with Gasteiger partial charge in [-0.3, -0.25) is 0 Å². The number of hydrogen-bond donors (Lipinski definition) is 1. The average Bonchev–Trinajstić information content (AvgIpc) is 2.19. The molecule has 94 valence electrons. The summed E-state index contributed by atoms with van der Waals surface area (Å²) in [6, 6.07) is 6.70. The molecule has 0 saturated carbocycles. The molecule has 3 nitrogen and oxygen atoms in total. The van der Waals surface area contributed by atoms with Crippen molar-refractivity contribution in [1.29, 1.82) is 0 Å². The number of likely N-dealkylation sites (N-methyl/N-ethyl adjacent to an activating group) is 1. The summed E-state index contributed by atoms with van der Waals surface area (Å²) in [4.78, 5) is 12.0. The Labute approximate surface area is 107 Å². The van der Waals surface area contributed by atoms with Crippen LogP contribution < -0.4 is 5.32 Å². The summed E-state index contributed by atoms with van der Waals surface area (Å²) in [6.45, 7) is 5.51. The average molecular weight is 256 g/mol. The van der Waals surface area contributed by atoms with E-state index >= 15 is 0 Å². The zero-order valence-electron chi connectivity index (χ0n) is 10.6. The van der Waals surface area contributed by atoms with E-state index in [2.05, 4.69) is 5.32 Å². The van der Waals surface area contributed by atoms with Crippen LogP contribution in [-0.4, -0.2) is 18.6 Å². The number of rotatable bonds is 3. The summed E-state index contributed by atoms with van der Waals surface area (Å²) < 4.78 is 5.34. The van der Waals surface area contributed by atoms with E-state index in [9.17, 15) is 4.79 Å². The number of ether oxygens (including phenoxy) is 1. The highest BCUT2D eigenvalue weighted by atomic mass is 35.5. The lowest BCUT2D eigenvalue weighted by Gasteiger charge is -2.24. The Morgan fingerprint density at radius 1 is 1.35 bits per heavy atom. The van der Waals surface area contributed by atoms with Crippen molar-refractivity contribution in [3.63, 3.8) is 0 Å². The molecule has 1 N–H and O–H groups in total. The fourth-order valence-corrected chi connectivity index (χ4v) is 1.72. The van der Waals surface area contributed by atoms with Crippen LogP contribution in [0.1, 0.15) is 32.4 Å². The van der Waals surface area contributed by atoms with Crippen LogP contribution in [0.4, 0.5) is 0 Å². The Morgan fingerprint density at radius 3 is 2.41 bits per heavy atom. The number of benzene rings is 1. The Kier molecular flexibility index (Phi) is 4.54. The van der Waals surface area contributed by atoms with E-state index < -0.39 is 11.6 Å². The molecule has 4 heteroatoms. The SMILES string of the molecule is CNC(C(=O)OC(C)(C)C)c1ccccc1Cl. The third-order valence-electron chi connectivity index (χ3n) is 2.15. The van der Waals surface area contributed by atoms with Crippen molar-refractivity contribution in [2.75, 3.05) is 7.05 Å². The van der Waals surface area contributed by atoms with E-state index in [1.807, 2.05) is 39.0 Å². The molecule has 1 aromatic carbocycles. The Hall–Kier alpha value is -1.06. The standard InChI is InChI=1S/C13H18ClNO2/c1-13(2,3)17-12(16)11(15-4)9-7-5-6-8-10(9)14/h5-8,11,15H,1-4H3. The largest absolute Gasteiger partial charge is 0.459 e. The van der Waals surface area contributed by atoms with Gasteiger partial charge >= 0.3 is 5.97 Å². The van der Waals surface area contributed by atoms with E-state index in [4.69, 9.17) is 16.3 Å². The second-order valence-corrected chi connectivity index (χ2v) is 5.18. The first-order valence-corrected chi connectivity index (χ1v) is 5.87. The number of hydrogen-bond acceptors (Lipinski definition) is 3. The summed E-state index contributed by atoms with van der Waals surface area (Å²) in [7, 11) is 1.71. The van der Waals surface area contributed by atoms with Crippen molar-refractivity contribution in [1.82, 2.24) is 5.32 Å². The maximum atomic E-state index is 12.0. The summed E-state index contributed by atoms with van der Waals surface area (Å²) >= 11 is 6.07. The highest BCUT2D eigenvalue weighted by molar-refractivity contribution is 6.31. The Morgan fingerprint density at radius 2 is 1.94 bits per heavy atom. The third-order valence-corrected chi connectivity index (χ3v) is 2.49. The molecule has 1 atom stereocenters. The van der Waals surface area contributed by atoms with Gasteiger partial charge in [0.2, 0.25) is 0 Å². The van der Waals surface area contributed by atoms with Crippen LogP contribution in [-0.2, 0) is 9.53 Å².